The molecule has 0 unspecified atom stereocenters. The number of anilines is 1. The van der Waals surface area contributed by atoms with Gasteiger partial charge in [0.05, 0.1) is 5.69 Å². The topological polar surface area (TPSA) is 27.0 Å². The van der Waals surface area contributed by atoms with Gasteiger partial charge in [-0.2, -0.15) is 5.26 Å². The minimum atomic E-state index is 0.945. The van der Waals surface area contributed by atoms with Crippen molar-refractivity contribution in [3.05, 3.63) is 29.3 Å². The van der Waals surface area contributed by atoms with Gasteiger partial charge in [-0.3, -0.25) is 4.90 Å². The van der Waals surface area contributed by atoms with Crippen molar-refractivity contribution in [2.75, 3.05) is 11.9 Å². The Bertz CT molecular complexity index is 323. The second-order valence-corrected chi connectivity index (χ2v) is 2.93. The van der Waals surface area contributed by atoms with Crippen LogP contribution in [-0.4, -0.2) is 7.05 Å². The van der Waals surface area contributed by atoms with Gasteiger partial charge in [0, 0.05) is 7.05 Å². The Labute approximate surface area is 73.0 Å². The molecule has 0 heterocycles. The lowest BCUT2D eigenvalue weighted by atomic mass is 10.1. The minimum Gasteiger partial charge on any atom is -0.283 e. The highest BCUT2D eigenvalue weighted by atomic mass is 15.1. The standard InChI is InChI=1S/C10H12N2/c1-8-4-5-10(6-9(8)2)12(3)7-11/h4-6H,1-3H3. The minimum absolute atomic E-state index is 0.945. The molecule has 0 aliphatic heterocycles. The molecule has 0 spiro atoms. The molecule has 0 atom stereocenters. The third-order valence-electron chi connectivity index (χ3n) is 2.03. The van der Waals surface area contributed by atoms with Gasteiger partial charge in [0.2, 0.25) is 0 Å². The van der Waals surface area contributed by atoms with Crippen molar-refractivity contribution in [1.29, 1.82) is 5.26 Å². The average Bonchev–Trinajstić information content (AvgIpc) is 2.08. The Kier molecular flexibility index (Phi) is 2.35. The van der Waals surface area contributed by atoms with Gasteiger partial charge in [-0.15, -0.1) is 0 Å². The average molecular weight is 160 g/mol. The molecule has 1 rings (SSSR count). The van der Waals surface area contributed by atoms with Crippen LogP contribution >= 0.6 is 0 Å². The summed E-state index contributed by atoms with van der Waals surface area (Å²) in [4.78, 5) is 1.55. The predicted molar refractivity (Wildman–Crippen MR) is 49.9 cm³/mol. The van der Waals surface area contributed by atoms with Crippen LogP contribution in [0.15, 0.2) is 18.2 Å². The first-order valence-electron chi connectivity index (χ1n) is 3.86. The highest BCUT2D eigenvalue weighted by Gasteiger charge is 1.99. The summed E-state index contributed by atoms with van der Waals surface area (Å²) in [5.41, 5.74) is 3.42. The Morgan fingerprint density at radius 2 is 1.92 bits per heavy atom. The summed E-state index contributed by atoms with van der Waals surface area (Å²) >= 11 is 0. The third kappa shape index (κ3) is 1.57. The number of nitrogens with zero attached hydrogens (tertiary/aromatic N) is 2. The summed E-state index contributed by atoms with van der Waals surface area (Å²) in [6.07, 6.45) is 2.06. The van der Waals surface area contributed by atoms with E-state index >= 15 is 0 Å². The van der Waals surface area contributed by atoms with E-state index in [1.54, 1.807) is 11.9 Å². The molecule has 0 aliphatic rings. The van der Waals surface area contributed by atoms with E-state index in [1.807, 2.05) is 25.1 Å². The van der Waals surface area contributed by atoms with Crippen LogP contribution < -0.4 is 4.90 Å². The van der Waals surface area contributed by atoms with Crippen LogP contribution in [0.2, 0.25) is 0 Å². The molecule has 1 aromatic carbocycles. The van der Waals surface area contributed by atoms with Crippen LogP contribution in [-0.2, 0) is 0 Å². The number of aryl methyl sites for hydroxylation is 2. The van der Waals surface area contributed by atoms with E-state index in [1.165, 1.54) is 11.1 Å². The van der Waals surface area contributed by atoms with E-state index in [2.05, 4.69) is 13.1 Å². The van der Waals surface area contributed by atoms with E-state index in [9.17, 15) is 0 Å². The van der Waals surface area contributed by atoms with E-state index in [-0.39, 0.29) is 0 Å². The molecule has 0 bridgehead atoms. The summed E-state index contributed by atoms with van der Waals surface area (Å²) in [6, 6.07) is 5.99. The fourth-order valence-corrected chi connectivity index (χ4v) is 0.992. The highest BCUT2D eigenvalue weighted by Crippen LogP contribution is 2.16. The van der Waals surface area contributed by atoms with Gasteiger partial charge in [-0.05, 0) is 37.1 Å². The summed E-state index contributed by atoms with van der Waals surface area (Å²) in [7, 11) is 1.75. The molecule has 0 aromatic heterocycles. The zero-order chi connectivity index (χ0) is 9.14. The first-order valence-corrected chi connectivity index (χ1v) is 3.86. The maximum atomic E-state index is 8.62. The van der Waals surface area contributed by atoms with Crippen molar-refractivity contribution in [1.82, 2.24) is 0 Å². The van der Waals surface area contributed by atoms with Crippen LogP contribution in [0.4, 0.5) is 5.69 Å². The molecule has 0 amide bonds. The zero-order valence-corrected chi connectivity index (χ0v) is 7.63. The molecule has 0 aliphatic carbocycles. The Morgan fingerprint density at radius 3 is 2.42 bits per heavy atom. The Hall–Kier alpha value is -1.49. The fraction of sp³-hybridized carbons (Fsp3) is 0.300. The number of nitriles is 1. The van der Waals surface area contributed by atoms with E-state index in [0.717, 1.165) is 5.69 Å². The number of benzene rings is 1. The van der Waals surface area contributed by atoms with Crippen molar-refractivity contribution in [3.8, 4) is 6.19 Å². The summed E-state index contributed by atoms with van der Waals surface area (Å²) in [6.45, 7) is 4.11. The third-order valence-corrected chi connectivity index (χ3v) is 2.03. The van der Waals surface area contributed by atoms with Gasteiger partial charge in [0.25, 0.3) is 0 Å². The molecule has 2 heteroatoms. The lowest BCUT2D eigenvalue weighted by Crippen LogP contribution is -2.07. The second kappa shape index (κ2) is 3.27. The van der Waals surface area contributed by atoms with Gasteiger partial charge in [0.1, 0.15) is 0 Å². The van der Waals surface area contributed by atoms with Crippen LogP contribution in [0.1, 0.15) is 11.1 Å². The Morgan fingerprint density at radius 1 is 1.25 bits per heavy atom. The number of hydrogen-bond donors (Lipinski definition) is 0. The molecule has 0 fully saturated rings. The first kappa shape index (κ1) is 8.61. The maximum absolute atomic E-state index is 8.62. The molecular weight excluding hydrogens is 148 g/mol. The summed E-state index contributed by atoms with van der Waals surface area (Å²) < 4.78 is 0. The lowest BCUT2D eigenvalue weighted by Gasteiger charge is -2.10. The number of rotatable bonds is 1. The normalized spacial score (nSPS) is 9.17. The number of hydrogen-bond acceptors (Lipinski definition) is 2. The maximum Gasteiger partial charge on any atom is 0.183 e. The van der Waals surface area contributed by atoms with Gasteiger partial charge in [0.15, 0.2) is 6.19 Å². The van der Waals surface area contributed by atoms with E-state index < -0.39 is 0 Å². The molecule has 1 aromatic rings. The second-order valence-electron chi connectivity index (χ2n) is 2.93. The lowest BCUT2D eigenvalue weighted by molar-refractivity contribution is 1.19. The van der Waals surface area contributed by atoms with E-state index in [4.69, 9.17) is 5.26 Å². The molecule has 2 nitrogen and oxygen atoms in total. The molecule has 0 saturated heterocycles. The predicted octanol–water partition coefficient (Wildman–Crippen LogP) is 2.22. The van der Waals surface area contributed by atoms with Crippen LogP contribution in [0.5, 0.6) is 0 Å². The van der Waals surface area contributed by atoms with Gasteiger partial charge < -0.3 is 0 Å². The van der Waals surface area contributed by atoms with Crippen LogP contribution in [0, 0.1) is 25.3 Å². The van der Waals surface area contributed by atoms with Crippen LogP contribution in [0.3, 0.4) is 0 Å². The summed E-state index contributed by atoms with van der Waals surface area (Å²) in [5.74, 6) is 0. The highest BCUT2D eigenvalue weighted by molar-refractivity contribution is 5.52. The van der Waals surface area contributed by atoms with Crippen molar-refractivity contribution in [2.24, 2.45) is 0 Å². The Balaban J connectivity index is 3.06. The van der Waals surface area contributed by atoms with Gasteiger partial charge in [-0.1, -0.05) is 6.07 Å². The molecule has 0 radical (unpaired) electrons. The van der Waals surface area contributed by atoms with Gasteiger partial charge in [-0.25, -0.2) is 0 Å². The fourth-order valence-electron chi connectivity index (χ4n) is 0.992. The van der Waals surface area contributed by atoms with Crippen LogP contribution in [0.25, 0.3) is 0 Å². The molecule has 62 valence electrons. The van der Waals surface area contributed by atoms with Crippen molar-refractivity contribution >= 4 is 5.69 Å². The quantitative estimate of drug-likeness (QED) is 0.465. The summed E-state index contributed by atoms with van der Waals surface area (Å²) in [5, 5.41) is 8.62. The molecule has 0 N–H and O–H groups in total. The van der Waals surface area contributed by atoms with Crippen molar-refractivity contribution < 1.29 is 0 Å². The van der Waals surface area contributed by atoms with Crippen molar-refractivity contribution in [3.63, 3.8) is 0 Å². The van der Waals surface area contributed by atoms with E-state index in [0.29, 0.717) is 0 Å². The van der Waals surface area contributed by atoms with Gasteiger partial charge >= 0.3 is 0 Å². The largest absolute Gasteiger partial charge is 0.283 e. The first-order chi connectivity index (χ1) is 5.65. The monoisotopic (exact) mass is 160 g/mol. The SMILES string of the molecule is Cc1ccc(N(C)C#N)cc1C. The molecule has 0 saturated carbocycles. The molecular formula is C10H12N2. The van der Waals surface area contributed by atoms with Crippen molar-refractivity contribution in [2.45, 2.75) is 13.8 Å². The molecule has 12 heavy (non-hydrogen) atoms. The zero-order valence-electron chi connectivity index (χ0n) is 7.63. The smallest absolute Gasteiger partial charge is 0.183 e.